The summed E-state index contributed by atoms with van der Waals surface area (Å²) in [5.41, 5.74) is 8.35. The largest absolute Gasteiger partial charge is 0.383 e. The summed E-state index contributed by atoms with van der Waals surface area (Å²) in [4.78, 5) is 4.15. The number of nitrogens with two attached hydrogens (primary N) is 1. The van der Waals surface area contributed by atoms with E-state index in [-0.39, 0.29) is 0 Å². The Labute approximate surface area is 98.5 Å². The topological polar surface area (TPSA) is 50.9 Å². The summed E-state index contributed by atoms with van der Waals surface area (Å²) in [7, 11) is 0. The number of nitrogens with zero attached hydrogens (tertiary/aromatic N) is 1. The Morgan fingerprint density at radius 2 is 2.19 bits per heavy atom. The lowest BCUT2D eigenvalue weighted by atomic mass is 10.0. The average Bonchev–Trinajstić information content (AvgIpc) is 2.27. The molecule has 0 aromatic carbocycles. The summed E-state index contributed by atoms with van der Waals surface area (Å²) < 4.78 is 0. The Morgan fingerprint density at radius 1 is 1.44 bits per heavy atom. The van der Waals surface area contributed by atoms with Crippen molar-refractivity contribution in [3.63, 3.8) is 0 Å². The van der Waals surface area contributed by atoms with Crippen LogP contribution >= 0.6 is 0 Å². The van der Waals surface area contributed by atoms with Gasteiger partial charge in [-0.2, -0.15) is 0 Å². The Kier molecular flexibility index (Phi) is 5.26. The highest BCUT2D eigenvalue weighted by Gasteiger charge is 2.08. The van der Waals surface area contributed by atoms with Crippen molar-refractivity contribution < 1.29 is 0 Å². The third kappa shape index (κ3) is 3.49. The highest BCUT2D eigenvalue weighted by Crippen LogP contribution is 2.16. The van der Waals surface area contributed by atoms with Crippen LogP contribution in [0.2, 0.25) is 0 Å². The number of hydrogen-bond acceptors (Lipinski definition) is 3. The lowest BCUT2D eigenvalue weighted by Gasteiger charge is -2.16. The zero-order valence-corrected chi connectivity index (χ0v) is 10.6. The maximum absolute atomic E-state index is 5.89. The first-order valence-corrected chi connectivity index (χ1v) is 6.12. The monoisotopic (exact) mass is 221 g/mol. The number of pyridine rings is 1. The van der Waals surface area contributed by atoms with E-state index in [1.807, 2.05) is 6.07 Å². The number of aromatic nitrogens is 1. The standard InChI is InChI=1S/C13H23N3/c1-4-11(15-5-2)6-7-12-10(3)8-9-16-13(12)14/h8-9,11,15H,4-7H2,1-3H3,(H2,14,16). The predicted molar refractivity (Wildman–Crippen MR) is 69.5 cm³/mol. The summed E-state index contributed by atoms with van der Waals surface area (Å²) in [6.07, 6.45) is 5.07. The molecule has 0 aliphatic rings. The maximum atomic E-state index is 5.89. The summed E-state index contributed by atoms with van der Waals surface area (Å²) in [5, 5.41) is 3.48. The van der Waals surface area contributed by atoms with Crippen LogP contribution < -0.4 is 11.1 Å². The minimum atomic E-state index is 0.587. The molecule has 1 atom stereocenters. The molecular formula is C13H23N3. The number of aryl methyl sites for hydroxylation is 1. The summed E-state index contributed by atoms with van der Waals surface area (Å²) in [6, 6.07) is 2.61. The van der Waals surface area contributed by atoms with Crippen LogP contribution in [0.15, 0.2) is 12.3 Å². The molecule has 1 aromatic rings. The minimum Gasteiger partial charge on any atom is -0.383 e. The van der Waals surface area contributed by atoms with Gasteiger partial charge in [0, 0.05) is 12.2 Å². The van der Waals surface area contributed by atoms with Gasteiger partial charge >= 0.3 is 0 Å². The molecule has 1 rings (SSSR count). The average molecular weight is 221 g/mol. The van der Waals surface area contributed by atoms with Gasteiger partial charge in [-0.15, -0.1) is 0 Å². The first-order valence-electron chi connectivity index (χ1n) is 6.12. The van der Waals surface area contributed by atoms with Crippen molar-refractivity contribution in [1.82, 2.24) is 10.3 Å². The molecule has 0 aliphatic carbocycles. The van der Waals surface area contributed by atoms with Crippen LogP contribution in [0, 0.1) is 6.92 Å². The normalized spacial score (nSPS) is 12.7. The zero-order valence-electron chi connectivity index (χ0n) is 10.6. The van der Waals surface area contributed by atoms with E-state index in [2.05, 4.69) is 31.1 Å². The predicted octanol–water partition coefficient (Wildman–Crippen LogP) is 2.29. The van der Waals surface area contributed by atoms with E-state index in [1.54, 1.807) is 6.20 Å². The molecule has 3 heteroatoms. The molecule has 1 heterocycles. The minimum absolute atomic E-state index is 0.587. The van der Waals surface area contributed by atoms with Crippen molar-refractivity contribution in [3.05, 3.63) is 23.4 Å². The second-order valence-electron chi connectivity index (χ2n) is 4.19. The zero-order chi connectivity index (χ0) is 12.0. The molecule has 0 aliphatic heterocycles. The molecule has 1 aromatic heterocycles. The van der Waals surface area contributed by atoms with Crippen LogP contribution in [0.25, 0.3) is 0 Å². The van der Waals surface area contributed by atoms with Crippen LogP contribution in [0.3, 0.4) is 0 Å². The van der Waals surface area contributed by atoms with Gasteiger partial charge in [0.2, 0.25) is 0 Å². The quantitative estimate of drug-likeness (QED) is 0.775. The Morgan fingerprint density at radius 3 is 2.75 bits per heavy atom. The Balaban J connectivity index is 2.59. The highest BCUT2D eigenvalue weighted by molar-refractivity contribution is 5.43. The van der Waals surface area contributed by atoms with Crippen molar-refractivity contribution >= 4 is 5.82 Å². The molecule has 3 nitrogen and oxygen atoms in total. The molecule has 16 heavy (non-hydrogen) atoms. The van der Waals surface area contributed by atoms with Gasteiger partial charge < -0.3 is 11.1 Å². The SMILES string of the molecule is CCNC(CC)CCc1c(C)ccnc1N. The van der Waals surface area contributed by atoms with Gasteiger partial charge in [0.05, 0.1) is 0 Å². The number of hydrogen-bond donors (Lipinski definition) is 2. The van der Waals surface area contributed by atoms with Crippen LogP contribution in [0.4, 0.5) is 5.82 Å². The van der Waals surface area contributed by atoms with Crippen LogP contribution in [0.5, 0.6) is 0 Å². The van der Waals surface area contributed by atoms with E-state index < -0.39 is 0 Å². The molecule has 0 amide bonds. The van der Waals surface area contributed by atoms with Gasteiger partial charge in [0.25, 0.3) is 0 Å². The first-order chi connectivity index (χ1) is 7.69. The van der Waals surface area contributed by atoms with Crippen molar-refractivity contribution in [1.29, 1.82) is 0 Å². The van der Waals surface area contributed by atoms with E-state index in [4.69, 9.17) is 5.73 Å². The lowest BCUT2D eigenvalue weighted by molar-refractivity contribution is 0.481. The van der Waals surface area contributed by atoms with Gasteiger partial charge in [-0.3, -0.25) is 0 Å². The van der Waals surface area contributed by atoms with Crippen LogP contribution in [-0.2, 0) is 6.42 Å². The van der Waals surface area contributed by atoms with Gasteiger partial charge in [0.1, 0.15) is 5.82 Å². The van der Waals surface area contributed by atoms with Gasteiger partial charge in [-0.25, -0.2) is 4.98 Å². The molecular weight excluding hydrogens is 198 g/mol. The first kappa shape index (κ1) is 13.0. The number of rotatable bonds is 6. The van der Waals surface area contributed by atoms with E-state index in [0.717, 1.165) is 25.8 Å². The van der Waals surface area contributed by atoms with Gasteiger partial charge in [0.15, 0.2) is 0 Å². The van der Waals surface area contributed by atoms with E-state index >= 15 is 0 Å². The van der Waals surface area contributed by atoms with Crippen molar-refractivity contribution in [2.75, 3.05) is 12.3 Å². The highest BCUT2D eigenvalue weighted by atomic mass is 14.9. The van der Waals surface area contributed by atoms with E-state index in [1.165, 1.54) is 11.1 Å². The number of nitrogen functional groups attached to an aromatic ring is 1. The molecule has 0 radical (unpaired) electrons. The third-order valence-corrected chi connectivity index (χ3v) is 3.05. The Hall–Kier alpha value is -1.09. The summed E-state index contributed by atoms with van der Waals surface area (Å²) in [5.74, 6) is 0.686. The van der Waals surface area contributed by atoms with Gasteiger partial charge in [-0.1, -0.05) is 13.8 Å². The number of anilines is 1. The molecule has 0 fully saturated rings. The fourth-order valence-electron chi connectivity index (χ4n) is 1.99. The molecule has 1 unspecified atom stereocenters. The lowest BCUT2D eigenvalue weighted by Crippen LogP contribution is -2.28. The van der Waals surface area contributed by atoms with Crippen molar-refractivity contribution in [3.8, 4) is 0 Å². The van der Waals surface area contributed by atoms with Crippen LogP contribution in [-0.4, -0.2) is 17.6 Å². The maximum Gasteiger partial charge on any atom is 0.126 e. The molecule has 0 bridgehead atoms. The van der Waals surface area contributed by atoms with Crippen molar-refractivity contribution in [2.24, 2.45) is 0 Å². The second kappa shape index (κ2) is 6.48. The second-order valence-corrected chi connectivity index (χ2v) is 4.19. The summed E-state index contributed by atoms with van der Waals surface area (Å²) in [6.45, 7) is 7.49. The van der Waals surface area contributed by atoms with Crippen molar-refractivity contribution in [2.45, 2.75) is 46.1 Å². The fourth-order valence-corrected chi connectivity index (χ4v) is 1.99. The molecule has 0 saturated heterocycles. The molecule has 3 N–H and O–H groups in total. The van der Waals surface area contributed by atoms with E-state index in [9.17, 15) is 0 Å². The third-order valence-electron chi connectivity index (χ3n) is 3.05. The fraction of sp³-hybridized carbons (Fsp3) is 0.615. The molecule has 90 valence electrons. The number of nitrogens with one attached hydrogen (secondary N) is 1. The Bertz CT molecular complexity index is 303. The van der Waals surface area contributed by atoms with E-state index in [0.29, 0.717) is 11.9 Å². The summed E-state index contributed by atoms with van der Waals surface area (Å²) >= 11 is 0. The molecule has 0 saturated carbocycles. The van der Waals surface area contributed by atoms with Gasteiger partial charge in [-0.05, 0) is 49.9 Å². The van der Waals surface area contributed by atoms with Crippen LogP contribution in [0.1, 0.15) is 37.8 Å². The molecule has 0 spiro atoms. The smallest absolute Gasteiger partial charge is 0.126 e.